The molecule has 0 bridgehead atoms. The smallest absolute Gasteiger partial charge is 0.252 e. The highest BCUT2D eigenvalue weighted by Crippen LogP contribution is 2.22. The first kappa shape index (κ1) is 39.0. The molecule has 14 heteroatoms. The van der Waals surface area contributed by atoms with Gasteiger partial charge in [-0.3, -0.25) is 19.2 Å². The molecule has 0 aliphatic carbocycles. The Balaban J connectivity index is 0.000000269. The number of carbonyl (C=O) groups excluding carboxylic acids is 4. The van der Waals surface area contributed by atoms with Crippen LogP contribution in [0.2, 0.25) is 0 Å². The summed E-state index contributed by atoms with van der Waals surface area (Å²) < 4.78 is 7.64. The molecule has 4 aromatic rings. The van der Waals surface area contributed by atoms with Gasteiger partial charge in [0.1, 0.15) is 0 Å². The summed E-state index contributed by atoms with van der Waals surface area (Å²) in [5.74, 6) is -0.112. The number of nitrogens with two attached hydrogens (primary N) is 2. The lowest BCUT2D eigenvalue weighted by Gasteiger charge is -2.08. The minimum Gasteiger partial charge on any atom is -0.399 e. The molecule has 238 valence electrons. The van der Waals surface area contributed by atoms with Crippen molar-refractivity contribution in [3.8, 4) is 0 Å². The molecule has 0 aliphatic heterocycles. The van der Waals surface area contributed by atoms with E-state index >= 15 is 0 Å². The maximum atomic E-state index is 12.6. The van der Waals surface area contributed by atoms with Gasteiger partial charge in [-0.05, 0) is 131 Å². The second-order valence-corrected chi connectivity index (χ2v) is 12.3. The van der Waals surface area contributed by atoms with E-state index in [1.54, 1.807) is 48.5 Å². The number of aryl methyl sites for hydroxylation is 1. The summed E-state index contributed by atoms with van der Waals surface area (Å²) in [6.07, 6.45) is 1.23. The Labute approximate surface area is 287 Å². The fourth-order valence-electron chi connectivity index (χ4n) is 4.03. The van der Waals surface area contributed by atoms with Crippen molar-refractivity contribution in [2.24, 2.45) is 9.49 Å². The van der Waals surface area contributed by atoms with Crippen molar-refractivity contribution in [3.05, 3.63) is 106 Å². The number of anilines is 2. The van der Waals surface area contributed by atoms with Crippen molar-refractivity contribution >= 4 is 115 Å². The first-order chi connectivity index (χ1) is 21.6. The van der Waals surface area contributed by atoms with Gasteiger partial charge in [0.15, 0.2) is 11.6 Å². The van der Waals surface area contributed by atoms with Gasteiger partial charge in [0.25, 0.3) is 10.5 Å². The molecule has 0 aliphatic rings. The molecule has 0 amide bonds. The monoisotopic (exact) mass is 730 g/mol. The van der Waals surface area contributed by atoms with Gasteiger partial charge >= 0.3 is 0 Å². The molecule has 0 fully saturated rings. The molecule has 46 heavy (non-hydrogen) atoms. The predicted octanol–water partition coefficient (Wildman–Crippen LogP) is 8.09. The zero-order valence-corrected chi connectivity index (χ0v) is 30.8. The van der Waals surface area contributed by atoms with Crippen LogP contribution < -0.4 is 22.1 Å². The molecular formula is C32H32Cl2N4O4P4. The van der Waals surface area contributed by atoms with Crippen LogP contribution in [0.1, 0.15) is 66.4 Å². The molecule has 4 N–H and O–H groups in total. The predicted molar refractivity (Wildman–Crippen MR) is 202 cm³/mol. The van der Waals surface area contributed by atoms with E-state index in [-0.39, 0.29) is 22.7 Å². The third-order valence-corrected chi connectivity index (χ3v) is 7.74. The Morgan fingerprint density at radius 3 is 1.59 bits per heavy atom. The number of nitrogens with zero attached hydrogens (tertiary/aromatic N) is 2. The van der Waals surface area contributed by atoms with Crippen LogP contribution in [0.4, 0.5) is 22.7 Å². The topological polar surface area (TPSA) is 145 Å². The van der Waals surface area contributed by atoms with E-state index in [0.717, 1.165) is 23.0 Å². The van der Waals surface area contributed by atoms with Gasteiger partial charge in [-0.1, -0.05) is 25.1 Å². The van der Waals surface area contributed by atoms with Crippen LogP contribution in [0.25, 0.3) is 0 Å². The van der Waals surface area contributed by atoms with Crippen molar-refractivity contribution < 1.29 is 19.2 Å². The second kappa shape index (κ2) is 18.8. The van der Waals surface area contributed by atoms with Gasteiger partial charge in [-0.25, -0.2) is 9.49 Å². The lowest BCUT2D eigenvalue weighted by Crippen LogP contribution is -2.07. The van der Waals surface area contributed by atoms with Gasteiger partial charge in [-0.15, -0.1) is 18.5 Å². The van der Waals surface area contributed by atoms with E-state index in [1.165, 1.54) is 18.6 Å². The summed E-state index contributed by atoms with van der Waals surface area (Å²) in [5.41, 5.74) is 17.2. The summed E-state index contributed by atoms with van der Waals surface area (Å²) in [4.78, 5) is 45.7. The van der Waals surface area contributed by atoms with Gasteiger partial charge < -0.3 is 11.5 Å². The normalized spacial score (nSPS) is 9.96. The number of hydrogen-bond acceptors (Lipinski definition) is 8. The molecular weight excluding hydrogens is 699 g/mol. The number of rotatable bonds is 9. The second-order valence-electron chi connectivity index (χ2n) is 9.83. The van der Waals surface area contributed by atoms with Gasteiger partial charge in [0, 0.05) is 40.0 Å². The summed E-state index contributed by atoms with van der Waals surface area (Å²) in [5, 5.41) is 0.544. The summed E-state index contributed by atoms with van der Waals surface area (Å²) in [6, 6.07) is 20.7. The van der Waals surface area contributed by atoms with Crippen molar-refractivity contribution in [2.75, 3.05) is 11.5 Å². The third-order valence-electron chi connectivity index (χ3n) is 6.12. The lowest BCUT2D eigenvalue weighted by atomic mass is 9.98. The van der Waals surface area contributed by atoms with Crippen molar-refractivity contribution in [1.82, 2.24) is 0 Å². The zero-order valence-electron chi connectivity index (χ0n) is 24.9. The quantitative estimate of drug-likeness (QED) is 0.0771. The number of hydrogen-bond donors (Lipinski definition) is 2. The van der Waals surface area contributed by atoms with Crippen LogP contribution in [-0.4, -0.2) is 22.1 Å². The number of benzene rings is 4. The Hall–Kier alpha value is -3.20. The first-order valence-corrected chi connectivity index (χ1v) is 16.2. The highest BCUT2D eigenvalue weighted by Gasteiger charge is 2.13. The average Bonchev–Trinajstić information content (AvgIpc) is 3.00. The fourth-order valence-corrected chi connectivity index (χ4v) is 5.29. The van der Waals surface area contributed by atoms with Crippen molar-refractivity contribution in [2.45, 2.75) is 26.7 Å². The van der Waals surface area contributed by atoms with E-state index in [1.807, 2.05) is 6.07 Å². The van der Waals surface area contributed by atoms with Crippen LogP contribution in [0.5, 0.6) is 0 Å². The number of carbonyl (C=O) groups is 4. The Kier molecular flexibility index (Phi) is 16.0. The molecule has 0 spiro atoms. The van der Waals surface area contributed by atoms with E-state index in [2.05, 4.69) is 65.1 Å². The number of Topliss-reactive ketones (excluding diaryl/α,β-unsaturated/α-hetero) is 2. The fraction of sp³-hybridized carbons (Fsp3) is 0.125. The Morgan fingerprint density at radius 2 is 1.11 bits per heavy atom. The zero-order chi connectivity index (χ0) is 34.6. The molecule has 0 saturated heterocycles. The molecule has 0 aromatic heterocycles. The van der Waals surface area contributed by atoms with Crippen LogP contribution in [0.15, 0.2) is 82.3 Å². The molecule has 8 nitrogen and oxygen atoms in total. The summed E-state index contributed by atoms with van der Waals surface area (Å²) in [6.45, 7) is 3.57. The molecule has 0 radical (unpaired) electrons. The maximum absolute atomic E-state index is 12.6. The lowest BCUT2D eigenvalue weighted by molar-refractivity contribution is 0.0991. The highest BCUT2D eigenvalue weighted by molar-refractivity contribution is 7.27. The standard InChI is InChI=1S/C18H19NO2P2.C8H5Cl2O2P.C6H8N3P/c1-3-12-4-13(6-17(22)5-12)7-18(21)15-8-14(11(2)20)9-16(10-15)19-23;9-7(11)4-1-5(8(10)12)3-6(13)2-4;7-4-1-5(8)3-6(2-4)9-10/h4-6,8-10,23H,3,7,22H2,1-2H3;1-3H,13H2;1-3,10H,7-8H2. The largest absolute Gasteiger partial charge is 0.399 e. The summed E-state index contributed by atoms with van der Waals surface area (Å²) >= 11 is 10.5. The van der Waals surface area contributed by atoms with Crippen molar-refractivity contribution in [3.63, 3.8) is 0 Å². The van der Waals surface area contributed by atoms with Crippen LogP contribution in [0.3, 0.4) is 0 Å². The Morgan fingerprint density at radius 1 is 0.652 bits per heavy atom. The number of ketones is 2. The molecule has 4 aromatic carbocycles. The average molecular weight is 731 g/mol. The third kappa shape index (κ3) is 12.9. The van der Waals surface area contributed by atoms with Crippen LogP contribution in [-0.2, 0) is 12.8 Å². The molecule has 0 heterocycles. The minimum absolute atomic E-state index is 0.0256. The number of halogens is 2. The SMILES string of the molecule is CCc1cc(P)cc(CC(=O)c2cc(N=P)cc(C(C)=O)c2)c1.Nc1cc(N)cc(N=P)c1.O=C(Cl)c1cc(P)cc(C(=O)Cl)c1. The van der Waals surface area contributed by atoms with Crippen LogP contribution in [0, 0.1) is 0 Å². The Bertz CT molecular complexity index is 1770. The highest BCUT2D eigenvalue weighted by atomic mass is 35.5. The minimum atomic E-state index is -0.608. The number of nitrogen functional groups attached to an aromatic ring is 2. The van der Waals surface area contributed by atoms with E-state index in [0.29, 0.717) is 39.9 Å². The maximum Gasteiger partial charge on any atom is 0.252 e. The molecule has 2 atom stereocenters. The molecule has 2 unspecified atom stereocenters. The van der Waals surface area contributed by atoms with Gasteiger partial charge in [0.2, 0.25) is 0 Å². The summed E-state index contributed by atoms with van der Waals surface area (Å²) in [7, 11) is 11.1. The molecule has 4 rings (SSSR count). The van der Waals surface area contributed by atoms with E-state index in [4.69, 9.17) is 34.7 Å². The van der Waals surface area contributed by atoms with E-state index in [9.17, 15) is 19.2 Å². The molecule has 0 saturated carbocycles. The van der Waals surface area contributed by atoms with Gasteiger partial charge in [0.05, 0.1) is 11.4 Å². The first-order valence-electron chi connectivity index (χ1n) is 13.4. The van der Waals surface area contributed by atoms with Gasteiger partial charge in [-0.2, -0.15) is 0 Å². The van der Waals surface area contributed by atoms with E-state index < -0.39 is 10.5 Å². The van der Waals surface area contributed by atoms with Crippen molar-refractivity contribution in [1.29, 1.82) is 0 Å². The van der Waals surface area contributed by atoms with Crippen LogP contribution >= 0.6 is 59.7 Å².